The molecule has 0 saturated heterocycles. The van der Waals surface area contributed by atoms with Crippen LogP contribution < -0.4 is 11.7 Å². The molecule has 0 saturated carbocycles. The van der Waals surface area contributed by atoms with Crippen LogP contribution in [0.15, 0.2) is 0 Å². The van der Waals surface area contributed by atoms with Crippen molar-refractivity contribution in [3.63, 3.8) is 0 Å². The highest BCUT2D eigenvalue weighted by atomic mass is 16.9. The van der Waals surface area contributed by atoms with Crippen molar-refractivity contribution >= 4 is 6.16 Å². The molecule has 72 valence electrons. The van der Waals surface area contributed by atoms with Crippen molar-refractivity contribution in [3.05, 3.63) is 0 Å². The van der Waals surface area contributed by atoms with Gasteiger partial charge in [-0.05, 0) is 13.8 Å². The van der Waals surface area contributed by atoms with E-state index in [2.05, 4.69) is 9.68 Å². The van der Waals surface area contributed by atoms with Crippen LogP contribution in [0.25, 0.3) is 0 Å². The van der Waals surface area contributed by atoms with Gasteiger partial charge in [-0.1, -0.05) is 10.3 Å². The Labute approximate surface area is 70.6 Å². The number of hydrazine groups is 2. The molecule has 0 amide bonds. The topological polar surface area (TPSA) is 94.0 Å². The largest absolute Gasteiger partial charge is 0.550 e. The lowest BCUT2D eigenvalue weighted by Crippen LogP contribution is -2.39. The number of nitrogens with two attached hydrogens (primary N) is 2. The van der Waals surface area contributed by atoms with Gasteiger partial charge in [-0.2, -0.15) is 4.79 Å². The van der Waals surface area contributed by atoms with Gasteiger partial charge >= 0.3 is 6.16 Å². The standard InChI is InChI=1S/C5H14N4O3/c1-3-8(6)11-5(10)12-9(7)4-2/h3-4,6-7H2,1-2H3. The van der Waals surface area contributed by atoms with Crippen LogP contribution in [0.5, 0.6) is 0 Å². The average molecular weight is 178 g/mol. The Morgan fingerprint density at radius 3 is 1.75 bits per heavy atom. The zero-order chi connectivity index (χ0) is 9.56. The van der Waals surface area contributed by atoms with Crippen molar-refractivity contribution < 1.29 is 14.5 Å². The number of hydrogen-bond acceptors (Lipinski definition) is 7. The van der Waals surface area contributed by atoms with Gasteiger partial charge in [0.05, 0.1) is 0 Å². The van der Waals surface area contributed by atoms with E-state index < -0.39 is 6.16 Å². The first-order valence-corrected chi connectivity index (χ1v) is 3.54. The summed E-state index contributed by atoms with van der Waals surface area (Å²) in [5, 5.41) is 1.68. The lowest BCUT2D eigenvalue weighted by atomic mass is 10.8. The predicted octanol–water partition coefficient (Wildman–Crippen LogP) is -0.639. The number of nitrogens with zero attached hydrogens (tertiary/aromatic N) is 2. The molecule has 0 aromatic rings. The molecule has 7 nitrogen and oxygen atoms in total. The minimum absolute atomic E-state index is 0.367. The molecule has 0 aromatic heterocycles. The highest BCUT2D eigenvalue weighted by Gasteiger charge is 2.10. The Morgan fingerprint density at radius 1 is 1.17 bits per heavy atom. The minimum Gasteiger partial charge on any atom is -0.319 e. The first-order valence-electron chi connectivity index (χ1n) is 3.54. The lowest BCUT2D eigenvalue weighted by molar-refractivity contribution is -0.188. The molecule has 7 heteroatoms. The van der Waals surface area contributed by atoms with E-state index in [-0.39, 0.29) is 0 Å². The monoisotopic (exact) mass is 178 g/mol. The van der Waals surface area contributed by atoms with Crippen LogP contribution in [0.4, 0.5) is 4.79 Å². The smallest absolute Gasteiger partial charge is 0.319 e. The van der Waals surface area contributed by atoms with Crippen LogP contribution in [-0.4, -0.2) is 29.6 Å². The fourth-order valence-electron chi connectivity index (χ4n) is 0.337. The maximum absolute atomic E-state index is 10.7. The molecule has 0 aliphatic rings. The van der Waals surface area contributed by atoms with Crippen molar-refractivity contribution in [3.8, 4) is 0 Å². The van der Waals surface area contributed by atoms with E-state index in [1.807, 2.05) is 0 Å². The molecule has 0 spiro atoms. The first-order chi connectivity index (χ1) is 5.60. The van der Waals surface area contributed by atoms with Crippen molar-refractivity contribution in [2.75, 3.05) is 13.1 Å². The number of hydroxylamine groups is 2. The molecule has 0 aromatic carbocycles. The number of hydrogen-bond donors (Lipinski definition) is 2. The van der Waals surface area contributed by atoms with Gasteiger partial charge in [0, 0.05) is 13.1 Å². The van der Waals surface area contributed by atoms with Gasteiger partial charge in [0.2, 0.25) is 0 Å². The maximum Gasteiger partial charge on any atom is 0.550 e. The molecular formula is C5H14N4O3. The van der Waals surface area contributed by atoms with Gasteiger partial charge in [0.15, 0.2) is 0 Å². The molecule has 4 N–H and O–H groups in total. The summed E-state index contributed by atoms with van der Waals surface area (Å²) in [6.45, 7) is 4.16. The normalized spacial score (nSPS) is 10.5. The molecule has 0 unspecified atom stereocenters. The predicted molar refractivity (Wildman–Crippen MR) is 40.7 cm³/mol. The summed E-state index contributed by atoms with van der Waals surface area (Å²) in [6.07, 6.45) is -0.955. The van der Waals surface area contributed by atoms with E-state index in [0.29, 0.717) is 13.1 Å². The molecule has 0 atom stereocenters. The van der Waals surface area contributed by atoms with Gasteiger partial charge in [-0.25, -0.2) is 11.7 Å². The highest BCUT2D eigenvalue weighted by molar-refractivity contribution is 5.58. The van der Waals surface area contributed by atoms with Gasteiger partial charge in [-0.15, -0.1) is 0 Å². The van der Waals surface area contributed by atoms with Crippen molar-refractivity contribution in [2.45, 2.75) is 13.8 Å². The van der Waals surface area contributed by atoms with Crippen LogP contribution >= 0.6 is 0 Å². The molecule has 0 bridgehead atoms. The van der Waals surface area contributed by atoms with Crippen LogP contribution in [0.1, 0.15) is 13.8 Å². The van der Waals surface area contributed by atoms with E-state index in [4.69, 9.17) is 11.7 Å². The Morgan fingerprint density at radius 2 is 1.50 bits per heavy atom. The van der Waals surface area contributed by atoms with E-state index in [0.717, 1.165) is 10.3 Å². The number of carbonyl (C=O) groups excluding carboxylic acids is 1. The third-order valence-corrected chi connectivity index (χ3v) is 1.01. The zero-order valence-corrected chi connectivity index (χ0v) is 7.19. The number of carbonyl (C=O) groups is 1. The third kappa shape index (κ3) is 4.85. The van der Waals surface area contributed by atoms with Crippen LogP contribution in [0, 0.1) is 0 Å². The summed E-state index contributed by atoms with van der Waals surface area (Å²) in [4.78, 5) is 19.5. The molecule has 0 aliphatic carbocycles. The van der Waals surface area contributed by atoms with Crippen molar-refractivity contribution in [1.29, 1.82) is 0 Å². The SMILES string of the molecule is CCN(N)OC(=O)ON(N)CC. The molecule has 0 radical (unpaired) electrons. The summed E-state index contributed by atoms with van der Waals surface area (Å²) < 4.78 is 0. The fraction of sp³-hybridized carbons (Fsp3) is 0.800. The van der Waals surface area contributed by atoms with Crippen LogP contribution in [-0.2, 0) is 9.68 Å². The molecule has 0 fully saturated rings. The summed E-state index contributed by atoms with van der Waals surface area (Å²) in [5.41, 5.74) is 0. The van der Waals surface area contributed by atoms with Crippen molar-refractivity contribution in [1.82, 2.24) is 10.3 Å². The van der Waals surface area contributed by atoms with E-state index >= 15 is 0 Å². The first kappa shape index (κ1) is 11.1. The Balaban J connectivity index is 3.59. The quantitative estimate of drug-likeness (QED) is 0.436. The second-order valence-corrected chi connectivity index (χ2v) is 1.90. The second kappa shape index (κ2) is 5.72. The van der Waals surface area contributed by atoms with E-state index in [1.54, 1.807) is 13.8 Å². The van der Waals surface area contributed by atoms with Crippen LogP contribution in [0.3, 0.4) is 0 Å². The Hall–Kier alpha value is -0.890. The second-order valence-electron chi connectivity index (χ2n) is 1.90. The minimum atomic E-state index is -0.955. The fourth-order valence-corrected chi connectivity index (χ4v) is 0.337. The summed E-state index contributed by atoms with van der Waals surface area (Å²) in [6, 6.07) is 0. The van der Waals surface area contributed by atoms with Gasteiger partial charge in [0.1, 0.15) is 0 Å². The molecule has 0 rings (SSSR count). The summed E-state index contributed by atoms with van der Waals surface area (Å²) in [7, 11) is 0. The van der Waals surface area contributed by atoms with Crippen molar-refractivity contribution in [2.24, 2.45) is 11.7 Å². The molecule has 0 heterocycles. The lowest BCUT2D eigenvalue weighted by Gasteiger charge is -2.15. The Bertz CT molecular complexity index is 129. The van der Waals surface area contributed by atoms with Gasteiger partial charge in [0.25, 0.3) is 0 Å². The Kier molecular flexibility index (Phi) is 5.30. The summed E-state index contributed by atoms with van der Waals surface area (Å²) in [5.74, 6) is 10.3. The third-order valence-electron chi connectivity index (χ3n) is 1.01. The zero-order valence-electron chi connectivity index (χ0n) is 7.19. The van der Waals surface area contributed by atoms with E-state index in [1.165, 1.54) is 0 Å². The molecule has 0 aliphatic heterocycles. The molecule has 12 heavy (non-hydrogen) atoms. The molecular weight excluding hydrogens is 164 g/mol. The number of rotatable bonds is 4. The van der Waals surface area contributed by atoms with E-state index in [9.17, 15) is 4.79 Å². The maximum atomic E-state index is 10.7. The summed E-state index contributed by atoms with van der Waals surface area (Å²) >= 11 is 0. The van der Waals surface area contributed by atoms with Gasteiger partial charge < -0.3 is 9.68 Å². The van der Waals surface area contributed by atoms with Crippen LogP contribution in [0.2, 0.25) is 0 Å². The average Bonchev–Trinajstić information content (AvgIpc) is 2.03. The van der Waals surface area contributed by atoms with Gasteiger partial charge in [-0.3, -0.25) is 0 Å². The highest BCUT2D eigenvalue weighted by Crippen LogP contribution is 1.89.